The molecule has 0 radical (unpaired) electrons. The molecule has 0 atom stereocenters. The third-order valence-corrected chi connectivity index (χ3v) is 3.95. The number of carbonyl (C=O) groups is 1. The lowest BCUT2D eigenvalue weighted by atomic mass is 10.0. The maximum Gasteiger partial charge on any atom is 0.251 e. The lowest BCUT2D eigenvalue weighted by Gasteiger charge is -2.09. The topological polar surface area (TPSA) is 38.3 Å². The number of carbonyl (C=O) groups excluding carboxylic acids is 1. The molecule has 1 aliphatic rings. The van der Waals surface area contributed by atoms with Crippen molar-refractivity contribution in [3.05, 3.63) is 59.9 Å². The number of amides is 1. The van der Waals surface area contributed by atoms with Crippen LogP contribution >= 0.6 is 0 Å². The average molecular weight is 311 g/mol. The van der Waals surface area contributed by atoms with E-state index < -0.39 is 5.82 Å². The number of methoxy groups -OCH3 is 1. The Morgan fingerprint density at radius 2 is 2.00 bits per heavy atom. The fourth-order valence-electron chi connectivity index (χ4n) is 2.68. The summed E-state index contributed by atoms with van der Waals surface area (Å²) < 4.78 is 19.5. The van der Waals surface area contributed by atoms with E-state index in [1.165, 1.54) is 6.07 Å². The van der Waals surface area contributed by atoms with Gasteiger partial charge in [-0.25, -0.2) is 4.39 Å². The van der Waals surface area contributed by atoms with Gasteiger partial charge in [-0.05, 0) is 54.7 Å². The molecule has 0 unspecified atom stereocenters. The summed E-state index contributed by atoms with van der Waals surface area (Å²) in [6, 6.07) is 12.2. The van der Waals surface area contributed by atoms with Gasteiger partial charge >= 0.3 is 0 Å². The third-order valence-electron chi connectivity index (χ3n) is 3.95. The number of hydrogen-bond acceptors (Lipinski definition) is 2. The van der Waals surface area contributed by atoms with Crippen LogP contribution in [-0.4, -0.2) is 13.0 Å². The van der Waals surface area contributed by atoms with Crippen molar-refractivity contribution < 1.29 is 13.9 Å². The minimum atomic E-state index is -0.447. The van der Waals surface area contributed by atoms with E-state index in [0.29, 0.717) is 5.75 Å². The predicted octanol–water partition coefficient (Wildman–Crippen LogP) is 4.55. The van der Waals surface area contributed by atoms with Crippen molar-refractivity contribution in [2.24, 2.45) is 0 Å². The lowest BCUT2D eigenvalue weighted by Crippen LogP contribution is -2.14. The average Bonchev–Trinajstić information content (AvgIpc) is 3.11. The fraction of sp³-hybridized carbons (Fsp3) is 0.211. The zero-order chi connectivity index (χ0) is 16.2. The normalized spacial score (nSPS) is 13.6. The van der Waals surface area contributed by atoms with Gasteiger partial charge in [-0.1, -0.05) is 24.3 Å². The number of anilines is 1. The van der Waals surface area contributed by atoms with Crippen molar-refractivity contribution in [3.8, 4) is 16.9 Å². The first-order valence-electron chi connectivity index (χ1n) is 7.62. The van der Waals surface area contributed by atoms with Crippen LogP contribution in [0.15, 0.2) is 54.1 Å². The van der Waals surface area contributed by atoms with Crippen LogP contribution in [0.1, 0.15) is 19.3 Å². The van der Waals surface area contributed by atoms with Gasteiger partial charge in [0.25, 0.3) is 5.91 Å². The number of hydrogen-bond donors (Lipinski definition) is 1. The van der Waals surface area contributed by atoms with Gasteiger partial charge in [0.1, 0.15) is 11.6 Å². The van der Waals surface area contributed by atoms with E-state index in [1.54, 1.807) is 19.2 Å². The highest BCUT2D eigenvalue weighted by atomic mass is 19.1. The summed E-state index contributed by atoms with van der Waals surface area (Å²) in [7, 11) is 1.59. The predicted molar refractivity (Wildman–Crippen MR) is 89.0 cm³/mol. The molecule has 2 aromatic rings. The van der Waals surface area contributed by atoms with E-state index in [0.717, 1.165) is 36.0 Å². The first-order chi connectivity index (χ1) is 11.2. The Kier molecular flexibility index (Phi) is 4.42. The molecule has 3 nitrogen and oxygen atoms in total. The number of ether oxygens (including phenoxy) is 1. The Balaban J connectivity index is 1.81. The second-order valence-corrected chi connectivity index (χ2v) is 5.50. The van der Waals surface area contributed by atoms with Gasteiger partial charge in [0, 0.05) is 5.57 Å². The van der Waals surface area contributed by atoms with E-state index in [-0.39, 0.29) is 11.6 Å². The van der Waals surface area contributed by atoms with Crippen molar-refractivity contribution in [2.45, 2.75) is 19.3 Å². The smallest absolute Gasteiger partial charge is 0.251 e. The Labute approximate surface area is 134 Å². The maximum absolute atomic E-state index is 14.3. The van der Waals surface area contributed by atoms with Gasteiger partial charge in [-0.3, -0.25) is 4.79 Å². The summed E-state index contributed by atoms with van der Waals surface area (Å²) in [5, 5.41) is 2.65. The highest BCUT2D eigenvalue weighted by Crippen LogP contribution is 2.28. The molecule has 0 heterocycles. The largest absolute Gasteiger partial charge is 0.497 e. The molecule has 0 fully saturated rings. The van der Waals surface area contributed by atoms with E-state index in [9.17, 15) is 9.18 Å². The summed E-state index contributed by atoms with van der Waals surface area (Å²) >= 11 is 0. The number of rotatable bonds is 4. The fourth-order valence-corrected chi connectivity index (χ4v) is 2.68. The van der Waals surface area contributed by atoms with E-state index >= 15 is 0 Å². The Bertz CT molecular complexity index is 768. The first-order valence-corrected chi connectivity index (χ1v) is 7.62. The molecular weight excluding hydrogens is 293 g/mol. The number of nitrogens with one attached hydrogen (secondary N) is 1. The second kappa shape index (κ2) is 6.65. The zero-order valence-electron chi connectivity index (χ0n) is 12.9. The summed E-state index contributed by atoms with van der Waals surface area (Å²) in [6.45, 7) is 0. The van der Waals surface area contributed by atoms with Crippen LogP contribution in [0.2, 0.25) is 0 Å². The molecule has 0 saturated carbocycles. The number of benzene rings is 2. The molecule has 0 saturated heterocycles. The van der Waals surface area contributed by atoms with Crippen molar-refractivity contribution in [1.29, 1.82) is 0 Å². The first kappa shape index (κ1) is 15.3. The van der Waals surface area contributed by atoms with Crippen LogP contribution in [0.4, 0.5) is 10.1 Å². The number of allylic oxidation sites excluding steroid dienone is 1. The van der Waals surface area contributed by atoms with Gasteiger partial charge in [0.05, 0.1) is 12.8 Å². The van der Waals surface area contributed by atoms with E-state index in [4.69, 9.17) is 4.74 Å². The Morgan fingerprint density at radius 1 is 1.17 bits per heavy atom. The molecule has 1 aliphatic carbocycles. The van der Waals surface area contributed by atoms with Gasteiger partial charge in [0.15, 0.2) is 0 Å². The highest BCUT2D eigenvalue weighted by molar-refractivity contribution is 6.04. The molecule has 0 bridgehead atoms. The molecule has 23 heavy (non-hydrogen) atoms. The van der Waals surface area contributed by atoms with Crippen LogP contribution < -0.4 is 10.1 Å². The maximum atomic E-state index is 14.3. The second-order valence-electron chi connectivity index (χ2n) is 5.50. The Morgan fingerprint density at radius 3 is 2.70 bits per heavy atom. The molecule has 0 spiro atoms. The van der Waals surface area contributed by atoms with Crippen molar-refractivity contribution >= 4 is 11.6 Å². The summed E-state index contributed by atoms with van der Waals surface area (Å²) in [5.74, 6) is 0.0567. The molecule has 118 valence electrons. The quantitative estimate of drug-likeness (QED) is 0.899. The molecule has 4 heteroatoms. The SMILES string of the molecule is COc1cccc(-c2ccc(NC(=O)C3=CCCC3)c(F)c2)c1. The minimum absolute atomic E-state index is 0.203. The molecular formula is C19H18FNO2. The van der Waals surface area contributed by atoms with Crippen LogP contribution in [0, 0.1) is 5.82 Å². The molecule has 0 aromatic heterocycles. The monoisotopic (exact) mass is 311 g/mol. The summed E-state index contributed by atoms with van der Waals surface area (Å²) in [4.78, 5) is 12.0. The zero-order valence-corrected chi connectivity index (χ0v) is 12.9. The Hall–Kier alpha value is -2.62. The van der Waals surface area contributed by atoms with Crippen molar-refractivity contribution in [1.82, 2.24) is 0 Å². The van der Waals surface area contributed by atoms with Crippen molar-refractivity contribution in [3.63, 3.8) is 0 Å². The molecule has 0 aliphatic heterocycles. The summed E-state index contributed by atoms with van der Waals surface area (Å²) in [5.41, 5.74) is 2.54. The van der Waals surface area contributed by atoms with Crippen LogP contribution in [0.5, 0.6) is 5.75 Å². The van der Waals surface area contributed by atoms with Gasteiger partial charge in [-0.2, -0.15) is 0 Å². The third kappa shape index (κ3) is 3.42. The van der Waals surface area contributed by atoms with Gasteiger partial charge in [-0.15, -0.1) is 0 Å². The number of halogens is 1. The molecule has 3 rings (SSSR count). The molecule has 2 aromatic carbocycles. The minimum Gasteiger partial charge on any atom is -0.497 e. The van der Waals surface area contributed by atoms with Crippen molar-refractivity contribution in [2.75, 3.05) is 12.4 Å². The van der Waals surface area contributed by atoms with E-state index in [2.05, 4.69) is 5.32 Å². The lowest BCUT2D eigenvalue weighted by molar-refractivity contribution is -0.112. The summed E-state index contributed by atoms with van der Waals surface area (Å²) in [6.07, 6.45) is 4.58. The molecule has 1 N–H and O–H groups in total. The van der Waals surface area contributed by atoms with Crippen LogP contribution in [0.25, 0.3) is 11.1 Å². The molecule has 1 amide bonds. The highest BCUT2D eigenvalue weighted by Gasteiger charge is 2.15. The van der Waals surface area contributed by atoms with Crippen LogP contribution in [-0.2, 0) is 4.79 Å². The van der Waals surface area contributed by atoms with Crippen LogP contribution in [0.3, 0.4) is 0 Å². The van der Waals surface area contributed by atoms with Gasteiger partial charge in [0.2, 0.25) is 0 Å². The standard InChI is InChI=1S/C19H18FNO2/c1-23-16-8-4-7-14(11-16)15-9-10-18(17(20)12-15)21-19(22)13-5-2-3-6-13/h4-5,7-12H,2-3,6H2,1H3,(H,21,22). The van der Waals surface area contributed by atoms with E-state index in [1.807, 2.05) is 30.3 Å². The van der Waals surface area contributed by atoms with Gasteiger partial charge < -0.3 is 10.1 Å².